The molecule has 5 nitrogen and oxygen atoms in total. The Morgan fingerprint density at radius 2 is 2.05 bits per heavy atom. The highest BCUT2D eigenvalue weighted by atomic mass is 32.1. The van der Waals surface area contributed by atoms with Crippen molar-refractivity contribution in [3.05, 3.63) is 16.1 Å². The van der Waals surface area contributed by atoms with Gasteiger partial charge in [0.05, 0.1) is 18.0 Å². The minimum absolute atomic E-state index is 0.0517. The largest absolute Gasteiger partial charge is 0.481 e. The number of hydrogen-bond donors (Lipinski definition) is 2. The highest BCUT2D eigenvalue weighted by Gasteiger charge is 2.36. The van der Waals surface area contributed by atoms with Crippen molar-refractivity contribution in [3.8, 4) is 0 Å². The van der Waals surface area contributed by atoms with Gasteiger partial charge in [-0.3, -0.25) is 9.59 Å². The normalized spacial score (nSPS) is 17.4. The molecule has 1 saturated carbocycles. The maximum absolute atomic E-state index is 12.2. The molecule has 1 amide bonds. The first-order chi connectivity index (χ1) is 9.99. The van der Waals surface area contributed by atoms with Crippen molar-refractivity contribution in [2.75, 3.05) is 0 Å². The summed E-state index contributed by atoms with van der Waals surface area (Å²) >= 11 is 1.57. The van der Waals surface area contributed by atoms with Gasteiger partial charge in [-0.05, 0) is 25.2 Å². The molecule has 0 saturated heterocycles. The summed E-state index contributed by atoms with van der Waals surface area (Å²) < 4.78 is 0. The second-order valence-electron chi connectivity index (χ2n) is 5.93. The average molecular weight is 310 g/mol. The van der Waals surface area contributed by atoms with Gasteiger partial charge in [-0.1, -0.05) is 19.3 Å². The predicted molar refractivity (Wildman–Crippen MR) is 81.1 cm³/mol. The summed E-state index contributed by atoms with van der Waals surface area (Å²) in [5, 5.41) is 13.0. The van der Waals surface area contributed by atoms with Crippen LogP contribution in [0.3, 0.4) is 0 Å². The monoisotopic (exact) mass is 310 g/mol. The van der Waals surface area contributed by atoms with E-state index in [2.05, 4.69) is 10.3 Å². The van der Waals surface area contributed by atoms with Gasteiger partial charge in [0.25, 0.3) is 0 Å². The van der Waals surface area contributed by atoms with E-state index >= 15 is 0 Å². The highest BCUT2D eigenvalue weighted by Crippen LogP contribution is 2.42. The van der Waals surface area contributed by atoms with E-state index in [-0.39, 0.29) is 17.7 Å². The lowest BCUT2D eigenvalue weighted by atomic mass is 9.69. The number of rotatable bonds is 6. The van der Waals surface area contributed by atoms with Crippen molar-refractivity contribution in [3.63, 3.8) is 0 Å². The lowest BCUT2D eigenvalue weighted by Gasteiger charge is -2.35. The highest BCUT2D eigenvalue weighted by molar-refractivity contribution is 7.11. The molecule has 0 atom stereocenters. The first kappa shape index (κ1) is 15.9. The van der Waals surface area contributed by atoms with Gasteiger partial charge < -0.3 is 10.4 Å². The summed E-state index contributed by atoms with van der Waals surface area (Å²) in [6.45, 7) is 2.41. The molecule has 0 unspecified atom stereocenters. The van der Waals surface area contributed by atoms with Gasteiger partial charge in [0, 0.05) is 17.5 Å². The Kier molecular flexibility index (Phi) is 5.33. The molecule has 0 aliphatic heterocycles. The maximum Gasteiger partial charge on any atom is 0.303 e. The van der Waals surface area contributed by atoms with Crippen LogP contribution in [-0.2, 0) is 16.1 Å². The standard InChI is InChI=1S/C15H22N2O3S/c1-11-16-9-12(21-11)10-17-13(18)7-15(8-14(19)20)5-3-2-4-6-15/h9H,2-8,10H2,1H3,(H,17,18)(H,19,20). The van der Waals surface area contributed by atoms with Crippen LogP contribution in [0.2, 0.25) is 0 Å². The minimum Gasteiger partial charge on any atom is -0.481 e. The Labute approximate surface area is 128 Å². The third-order valence-electron chi connectivity index (χ3n) is 4.10. The van der Waals surface area contributed by atoms with Crippen LogP contribution in [-0.4, -0.2) is 22.0 Å². The third kappa shape index (κ3) is 4.81. The Hall–Kier alpha value is -1.43. The fourth-order valence-corrected chi connectivity index (χ4v) is 3.85. The number of aliphatic carboxylic acids is 1. The van der Waals surface area contributed by atoms with E-state index in [1.54, 1.807) is 17.5 Å². The molecule has 2 rings (SSSR count). The molecule has 0 aromatic carbocycles. The first-order valence-electron chi connectivity index (χ1n) is 7.39. The number of aryl methyl sites for hydroxylation is 1. The summed E-state index contributed by atoms with van der Waals surface area (Å²) in [7, 11) is 0. The summed E-state index contributed by atoms with van der Waals surface area (Å²) in [4.78, 5) is 28.4. The molecule has 1 heterocycles. The van der Waals surface area contributed by atoms with Gasteiger partial charge in [-0.25, -0.2) is 4.98 Å². The smallest absolute Gasteiger partial charge is 0.303 e. The molecule has 0 spiro atoms. The Morgan fingerprint density at radius 3 is 2.62 bits per heavy atom. The van der Waals surface area contributed by atoms with Crippen molar-refractivity contribution in [1.82, 2.24) is 10.3 Å². The molecule has 116 valence electrons. The van der Waals surface area contributed by atoms with Gasteiger partial charge in [0.2, 0.25) is 5.91 Å². The number of hydrogen-bond acceptors (Lipinski definition) is 4. The molecule has 1 aromatic heterocycles. The molecule has 1 aliphatic rings. The van der Waals surface area contributed by atoms with Crippen LogP contribution in [0.4, 0.5) is 0 Å². The zero-order valence-electron chi connectivity index (χ0n) is 12.4. The Balaban J connectivity index is 1.89. The lowest BCUT2D eigenvalue weighted by molar-refractivity contribution is -0.141. The molecule has 1 fully saturated rings. The summed E-state index contributed by atoms with van der Waals surface area (Å²) in [5.41, 5.74) is -0.349. The molecule has 0 radical (unpaired) electrons. The predicted octanol–water partition coefficient (Wildman–Crippen LogP) is 2.88. The van der Waals surface area contributed by atoms with Crippen LogP contribution >= 0.6 is 11.3 Å². The fourth-order valence-electron chi connectivity index (χ4n) is 3.11. The number of carboxylic acids is 1. The van der Waals surface area contributed by atoms with Crippen LogP contribution in [0.5, 0.6) is 0 Å². The van der Waals surface area contributed by atoms with Crippen molar-refractivity contribution < 1.29 is 14.7 Å². The molecule has 1 aromatic rings. The Morgan fingerprint density at radius 1 is 1.33 bits per heavy atom. The molecule has 21 heavy (non-hydrogen) atoms. The number of carbonyl (C=O) groups is 2. The van der Waals surface area contributed by atoms with E-state index in [1.807, 2.05) is 6.92 Å². The van der Waals surface area contributed by atoms with Crippen molar-refractivity contribution in [2.45, 2.75) is 58.4 Å². The van der Waals surface area contributed by atoms with Crippen LogP contribution in [0.25, 0.3) is 0 Å². The number of carboxylic acid groups (broad SMARTS) is 1. The summed E-state index contributed by atoms with van der Waals surface area (Å²) in [6.07, 6.45) is 7.05. The van der Waals surface area contributed by atoms with E-state index in [1.165, 1.54) is 0 Å². The van der Waals surface area contributed by atoms with Crippen molar-refractivity contribution in [1.29, 1.82) is 0 Å². The van der Waals surface area contributed by atoms with Crippen molar-refractivity contribution >= 4 is 23.2 Å². The van der Waals surface area contributed by atoms with Gasteiger partial charge in [-0.2, -0.15) is 0 Å². The van der Waals surface area contributed by atoms with Crippen LogP contribution < -0.4 is 5.32 Å². The van der Waals surface area contributed by atoms with E-state index in [0.717, 1.165) is 42.0 Å². The van der Waals surface area contributed by atoms with Crippen molar-refractivity contribution in [2.24, 2.45) is 5.41 Å². The van der Waals surface area contributed by atoms with Gasteiger partial charge in [0.15, 0.2) is 0 Å². The molecular weight excluding hydrogens is 288 g/mol. The first-order valence-corrected chi connectivity index (χ1v) is 8.21. The number of nitrogens with zero attached hydrogens (tertiary/aromatic N) is 1. The third-order valence-corrected chi connectivity index (χ3v) is 5.02. The van der Waals surface area contributed by atoms with Crippen LogP contribution in [0.1, 0.15) is 54.8 Å². The topological polar surface area (TPSA) is 79.3 Å². The number of nitrogens with one attached hydrogen (secondary N) is 1. The summed E-state index contributed by atoms with van der Waals surface area (Å²) in [5.74, 6) is -0.855. The van der Waals surface area contributed by atoms with E-state index < -0.39 is 5.97 Å². The average Bonchev–Trinajstić information content (AvgIpc) is 2.82. The number of amides is 1. The maximum atomic E-state index is 12.2. The molecule has 6 heteroatoms. The second-order valence-corrected chi connectivity index (χ2v) is 7.25. The zero-order chi connectivity index (χ0) is 15.3. The second kappa shape index (κ2) is 7.02. The number of carbonyl (C=O) groups excluding carboxylic acids is 1. The SMILES string of the molecule is Cc1ncc(CNC(=O)CC2(CC(=O)O)CCCCC2)s1. The lowest BCUT2D eigenvalue weighted by Crippen LogP contribution is -2.34. The fraction of sp³-hybridized carbons (Fsp3) is 0.667. The number of aromatic nitrogens is 1. The van der Waals surface area contributed by atoms with E-state index in [0.29, 0.717) is 13.0 Å². The minimum atomic E-state index is -0.803. The molecule has 0 bridgehead atoms. The molecule has 1 aliphatic carbocycles. The molecular formula is C15H22N2O3S. The van der Waals surface area contributed by atoms with Gasteiger partial charge in [0.1, 0.15) is 0 Å². The Bertz CT molecular complexity index is 507. The van der Waals surface area contributed by atoms with Crippen LogP contribution in [0, 0.1) is 12.3 Å². The van der Waals surface area contributed by atoms with Gasteiger partial charge in [-0.15, -0.1) is 11.3 Å². The van der Waals surface area contributed by atoms with Gasteiger partial charge >= 0.3 is 5.97 Å². The quantitative estimate of drug-likeness (QED) is 0.846. The zero-order valence-corrected chi connectivity index (χ0v) is 13.2. The van der Waals surface area contributed by atoms with E-state index in [4.69, 9.17) is 5.11 Å². The molecule has 2 N–H and O–H groups in total. The van der Waals surface area contributed by atoms with Crippen LogP contribution in [0.15, 0.2) is 6.20 Å². The summed E-state index contributed by atoms with van der Waals surface area (Å²) in [6, 6.07) is 0. The van der Waals surface area contributed by atoms with E-state index in [9.17, 15) is 9.59 Å². The number of thiazole rings is 1.